The maximum absolute atomic E-state index is 13.1. The highest BCUT2D eigenvalue weighted by atomic mass is 79.9. The van der Waals surface area contributed by atoms with Gasteiger partial charge in [-0.2, -0.15) is 0 Å². The summed E-state index contributed by atoms with van der Waals surface area (Å²) in [7, 11) is 0. The fourth-order valence-electron chi connectivity index (χ4n) is 1.11. The van der Waals surface area contributed by atoms with Crippen LogP contribution in [0.25, 0.3) is 0 Å². The van der Waals surface area contributed by atoms with E-state index in [0.29, 0.717) is 11.3 Å². The summed E-state index contributed by atoms with van der Waals surface area (Å²) >= 11 is 2.98. The van der Waals surface area contributed by atoms with Crippen LogP contribution in [0, 0.1) is 12.7 Å². The third kappa shape index (κ3) is 3.30. The molecule has 1 aromatic carbocycles. The molecule has 0 atom stereocenters. The number of amides is 1. The second kappa shape index (κ2) is 5.07. The van der Waals surface area contributed by atoms with Gasteiger partial charge in [0.25, 0.3) is 0 Å². The predicted molar refractivity (Wildman–Crippen MR) is 59.7 cm³/mol. The van der Waals surface area contributed by atoms with Crippen LogP contribution in [0.2, 0.25) is 0 Å². The minimum Gasteiger partial charge on any atom is -0.481 e. The number of carbonyl (C=O) groups excluding carboxylic acids is 1. The molecule has 6 heteroatoms. The van der Waals surface area contributed by atoms with Crippen molar-refractivity contribution in [2.45, 2.75) is 13.3 Å². The number of hydrogen-bond donors (Lipinski definition) is 2. The van der Waals surface area contributed by atoms with Gasteiger partial charge in [0, 0.05) is 5.69 Å². The van der Waals surface area contributed by atoms with Crippen LogP contribution in [-0.4, -0.2) is 17.0 Å². The van der Waals surface area contributed by atoms with Gasteiger partial charge in [0.1, 0.15) is 12.2 Å². The van der Waals surface area contributed by atoms with Crippen LogP contribution in [-0.2, 0) is 9.59 Å². The van der Waals surface area contributed by atoms with Crippen molar-refractivity contribution in [1.29, 1.82) is 0 Å². The summed E-state index contributed by atoms with van der Waals surface area (Å²) in [4.78, 5) is 21.4. The second-order valence-electron chi connectivity index (χ2n) is 3.20. The number of carboxylic acids is 1. The molecule has 2 N–H and O–H groups in total. The van der Waals surface area contributed by atoms with Crippen LogP contribution in [0.3, 0.4) is 0 Å². The van der Waals surface area contributed by atoms with E-state index in [1.807, 2.05) is 0 Å². The summed E-state index contributed by atoms with van der Waals surface area (Å²) in [5, 5.41) is 10.8. The molecule has 0 bridgehead atoms. The molecule has 16 heavy (non-hydrogen) atoms. The first-order valence-corrected chi connectivity index (χ1v) is 5.16. The third-order valence-corrected chi connectivity index (χ3v) is 2.46. The van der Waals surface area contributed by atoms with E-state index in [4.69, 9.17) is 5.11 Å². The van der Waals surface area contributed by atoms with Crippen LogP contribution in [0.5, 0.6) is 0 Å². The SMILES string of the molecule is Cc1cc(F)c(Br)cc1NC(=O)CC(=O)O. The molecule has 0 spiro atoms. The number of halogens is 2. The molecular formula is C10H9BrFNO3. The quantitative estimate of drug-likeness (QED) is 0.839. The minimum atomic E-state index is -1.21. The topological polar surface area (TPSA) is 66.4 Å². The van der Waals surface area contributed by atoms with E-state index in [1.165, 1.54) is 12.1 Å². The Morgan fingerprint density at radius 1 is 1.50 bits per heavy atom. The van der Waals surface area contributed by atoms with Crippen molar-refractivity contribution >= 4 is 33.5 Å². The van der Waals surface area contributed by atoms with Crippen LogP contribution in [0.1, 0.15) is 12.0 Å². The Kier molecular flexibility index (Phi) is 4.00. The molecule has 0 aliphatic rings. The number of rotatable bonds is 3. The monoisotopic (exact) mass is 289 g/mol. The van der Waals surface area contributed by atoms with Crippen molar-refractivity contribution in [2.75, 3.05) is 5.32 Å². The summed E-state index contributed by atoms with van der Waals surface area (Å²) in [6.45, 7) is 1.62. The molecule has 86 valence electrons. The van der Waals surface area contributed by atoms with Gasteiger partial charge in [0.15, 0.2) is 0 Å². The van der Waals surface area contributed by atoms with Crippen LogP contribution in [0.15, 0.2) is 16.6 Å². The zero-order valence-corrected chi connectivity index (χ0v) is 9.97. The molecule has 0 saturated heterocycles. The summed E-state index contributed by atoms with van der Waals surface area (Å²) in [5.41, 5.74) is 0.916. The van der Waals surface area contributed by atoms with Crippen molar-refractivity contribution < 1.29 is 19.1 Å². The molecule has 0 radical (unpaired) electrons. The maximum atomic E-state index is 13.1. The van der Waals surface area contributed by atoms with E-state index < -0.39 is 24.1 Å². The number of benzene rings is 1. The largest absolute Gasteiger partial charge is 0.481 e. The Morgan fingerprint density at radius 2 is 2.12 bits per heavy atom. The van der Waals surface area contributed by atoms with E-state index in [-0.39, 0.29) is 4.47 Å². The van der Waals surface area contributed by atoms with Crippen LogP contribution >= 0.6 is 15.9 Å². The zero-order valence-electron chi connectivity index (χ0n) is 8.38. The van der Waals surface area contributed by atoms with Crippen LogP contribution < -0.4 is 5.32 Å². The summed E-state index contributed by atoms with van der Waals surface area (Å²) in [6, 6.07) is 2.64. The lowest BCUT2D eigenvalue weighted by atomic mass is 10.2. The number of carbonyl (C=O) groups is 2. The first-order valence-electron chi connectivity index (χ1n) is 4.37. The fourth-order valence-corrected chi connectivity index (χ4v) is 1.46. The lowest BCUT2D eigenvalue weighted by molar-refractivity contribution is -0.139. The van der Waals surface area contributed by atoms with Crippen molar-refractivity contribution in [3.8, 4) is 0 Å². The Labute approximate surface area is 99.6 Å². The Balaban J connectivity index is 2.85. The van der Waals surface area contributed by atoms with E-state index in [1.54, 1.807) is 6.92 Å². The van der Waals surface area contributed by atoms with Gasteiger partial charge in [-0.25, -0.2) is 4.39 Å². The van der Waals surface area contributed by atoms with Gasteiger partial charge < -0.3 is 10.4 Å². The molecule has 0 aliphatic heterocycles. The smallest absolute Gasteiger partial charge is 0.312 e. The standard InChI is InChI=1S/C10H9BrFNO3/c1-5-2-7(12)6(11)3-8(5)13-9(14)4-10(15)16/h2-3H,4H2,1H3,(H,13,14)(H,15,16). The highest BCUT2D eigenvalue weighted by molar-refractivity contribution is 9.10. The summed E-state index contributed by atoms with van der Waals surface area (Å²) in [5.74, 6) is -2.29. The molecule has 0 aromatic heterocycles. The number of anilines is 1. The van der Waals surface area contributed by atoms with Gasteiger partial charge in [-0.1, -0.05) is 0 Å². The van der Waals surface area contributed by atoms with Crippen LogP contribution in [0.4, 0.5) is 10.1 Å². The highest BCUT2D eigenvalue weighted by Gasteiger charge is 2.11. The number of aryl methyl sites for hydroxylation is 1. The lowest BCUT2D eigenvalue weighted by Crippen LogP contribution is -2.16. The second-order valence-corrected chi connectivity index (χ2v) is 4.05. The number of carboxylic acid groups (broad SMARTS) is 1. The Hall–Kier alpha value is -1.43. The van der Waals surface area contributed by atoms with Gasteiger partial charge in [-0.3, -0.25) is 9.59 Å². The first kappa shape index (κ1) is 12.6. The van der Waals surface area contributed by atoms with E-state index in [9.17, 15) is 14.0 Å². The maximum Gasteiger partial charge on any atom is 0.312 e. The summed E-state index contributed by atoms with van der Waals surface area (Å²) < 4.78 is 13.3. The zero-order chi connectivity index (χ0) is 12.3. The minimum absolute atomic E-state index is 0.212. The van der Waals surface area contributed by atoms with Gasteiger partial charge in [-0.05, 0) is 40.5 Å². The Morgan fingerprint density at radius 3 is 2.69 bits per heavy atom. The average molecular weight is 290 g/mol. The average Bonchev–Trinajstić information content (AvgIpc) is 2.12. The first-order chi connectivity index (χ1) is 7.40. The normalized spacial score (nSPS) is 9.94. The van der Waals surface area contributed by atoms with E-state index >= 15 is 0 Å². The van der Waals surface area contributed by atoms with Gasteiger partial charge in [0.2, 0.25) is 5.91 Å². The fraction of sp³-hybridized carbons (Fsp3) is 0.200. The molecule has 1 rings (SSSR count). The van der Waals surface area contributed by atoms with Gasteiger partial charge in [-0.15, -0.1) is 0 Å². The molecule has 4 nitrogen and oxygen atoms in total. The van der Waals surface area contributed by atoms with Crippen molar-refractivity contribution in [3.63, 3.8) is 0 Å². The van der Waals surface area contributed by atoms with Crippen molar-refractivity contribution in [2.24, 2.45) is 0 Å². The number of hydrogen-bond acceptors (Lipinski definition) is 2. The molecule has 1 amide bonds. The highest BCUT2D eigenvalue weighted by Crippen LogP contribution is 2.24. The van der Waals surface area contributed by atoms with E-state index in [0.717, 1.165) is 0 Å². The molecular weight excluding hydrogens is 281 g/mol. The third-order valence-electron chi connectivity index (χ3n) is 1.85. The van der Waals surface area contributed by atoms with Crippen molar-refractivity contribution in [1.82, 2.24) is 0 Å². The van der Waals surface area contributed by atoms with Crippen molar-refractivity contribution in [3.05, 3.63) is 28.0 Å². The molecule has 0 heterocycles. The molecule has 1 aromatic rings. The molecule has 0 unspecified atom stereocenters. The van der Waals surface area contributed by atoms with Gasteiger partial charge >= 0.3 is 5.97 Å². The Bertz CT molecular complexity index is 448. The number of nitrogens with one attached hydrogen (secondary N) is 1. The molecule has 0 saturated carbocycles. The lowest BCUT2D eigenvalue weighted by Gasteiger charge is -2.08. The van der Waals surface area contributed by atoms with Gasteiger partial charge in [0.05, 0.1) is 4.47 Å². The summed E-state index contributed by atoms with van der Waals surface area (Å²) in [6.07, 6.45) is -0.617. The predicted octanol–water partition coefficient (Wildman–Crippen LogP) is 2.31. The molecule has 0 fully saturated rings. The molecule has 0 aliphatic carbocycles. The van der Waals surface area contributed by atoms with E-state index in [2.05, 4.69) is 21.2 Å². The number of aliphatic carboxylic acids is 1.